The third-order valence-electron chi connectivity index (χ3n) is 3.15. The molecular weight excluding hydrogens is 408 g/mol. The maximum absolute atomic E-state index is 12.8. The normalized spacial score (nSPS) is 18.4. The summed E-state index contributed by atoms with van der Waals surface area (Å²) in [5, 5.41) is 0. The van der Waals surface area contributed by atoms with E-state index in [2.05, 4.69) is 0 Å². The summed E-state index contributed by atoms with van der Waals surface area (Å²) in [5.41, 5.74) is -12.3. The number of rotatable bonds is 8. The van der Waals surface area contributed by atoms with E-state index in [0.29, 0.717) is 12.8 Å². The minimum Gasteiger partial charge on any atom is -0.201 e. The number of halogens is 6. The summed E-state index contributed by atoms with van der Waals surface area (Å²) in [5.74, 6) is -0.858. The zero-order chi connectivity index (χ0) is 19.6. The Labute approximate surface area is 138 Å². The molecule has 0 aliphatic rings. The van der Waals surface area contributed by atoms with Gasteiger partial charge in [-0.2, -0.15) is 36.6 Å². The van der Waals surface area contributed by atoms with Crippen molar-refractivity contribution in [2.45, 2.75) is 44.1 Å². The summed E-state index contributed by atoms with van der Waals surface area (Å²) in [6.07, 6.45) is 1.93. The van der Waals surface area contributed by atoms with Crippen LogP contribution in [0, 0.1) is 0 Å². The second kappa shape index (κ2) is 7.58. The second-order valence-corrected chi connectivity index (χ2v) is 13.0. The zero-order valence-electron chi connectivity index (χ0n) is 13.1. The van der Waals surface area contributed by atoms with Gasteiger partial charge in [0.25, 0.3) is 0 Å². The van der Waals surface area contributed by atoms with E-state index in [-0.39, 0.29) is 12.2 Å². The van der Waals surface area contributed by atoms with E-state index in [0.717, 1.165) is 13.2 Å². The summed E-state index contributed by atoms with van der Waals surface area (Å²) in [4.78, 5) is 0. The molecule has 0 heterocycles. The molecule has 0 amide bonds. The number of hydrogen-bond donors (Lipinski definition) is 0. The van der Waals surface area contributed by atoms with Crippen molar-refractivity contribution in [2.75, 3.05) is 17.8 Å². The van der Waals surface area contributed by atoms with Gasteiger partial charge in [0.2, 0.25) is 0 Å². The molecule has 1 atom stereocenters. The van der Waals surface area contributed by atoms with E-state index in [9.17, 15) is 43.2 Å². The molecule has 0 aliphatic heterocycles. The highest BCUT2D eigenvalue weighted by molar-refractivity contribution is 8.40. The lowest BCUT2D eigenvalue weighted by molar-refractivity contribution is -0.0505. The number of alkyl halides is 6. The largest absolute Gasteiger partial charge is 0.513 e. The molecule has 0 fully saturated rings. The van der Waals surface area contributed by atoms with Crippen molar-refractivity contribution in [1.82, 2.24) is 3.12 Å². The topological polar surface area (TPSA) is 71.5 Å². The fraction of sp³-hybridized carbons (Fsp3) is 1.00. The van der Waals surface area contributed by atoms with Gasteiger partial charge in [-0.1, -0.05) is 26.7 Å². The van der Waals surface area contributed by atoms with Gasteiger partial charge in [0.15, 0.2) is 0 Å². The minimum atomic E-state index is -6.72. The SMILES string of the molecule is CCCCCS(C)(CC)N(S(=O)(=O)C(F)(F)F)S(=O)(=O)C(F)(F)F. The lowest BCUT2D eigenvalue weighted by Gasteiger charge is -2.43. The van der Waals surface area contributed by atoms with Crippen molar-refractivity contribution in [3.8, 4) is 0 Å². The first-order valence-corrected chi connectivity index (χ1v) is 11.9. The van der Waals surface area contributed by atoms with E-state index in [4.69, 9.17) is 0 Å². The van der Waals surface area contributed by atoms with Crippen LogP contribution < -0.4 is 0 Å². The average molecular weight is 427 g/mol. The fourth-order valence-electron chi connectivity index (χ4n) is 1.76. The summed E-state index contributed by atoms with van der Waals surface area (Å²) < 4.78 is 122. The Kier molecular flexibility index (Phi) is 7.51. The van der Waals surface area contributed by atoms with Gasteiger partial charge in [0.1, 0.15) is 0 Å². The van der Waals surface area contributed by atoms with Crippen LogP contribution in [0.5, 0.6) is 0 Å². The number of nitrogens with zero attached hydrogens (tertiary/aromatic N) is 1. The first kappa shape index (κ1) is 23.8. The molecule has 0 bridgehead atoms. The van der Waals surface area contributed by atoms with Crippen molar-refractivity contribution >= 4 is 30.3 Å². The molecule has 0 spiro atoms. The Morgan fingerprint density at radius 3 is 1.42 bits per heavy atom. The predicted octanol–water partition coefficient (Wildman–Crippen LogP) is 3.55. The first-order chi connectivity index (χ1) is 10.5. The summed E-state index contributed by atoms with van der Waals surface area (Å²) >= 11 is 0. The second-order valence-electron chi connectivity index (χ2n) is 4.99. The highest BCUT2D eigenvalue weighted by Crippen LogP contribution is 2.56. The smallest absolute Gasteiger partial charge is 0.201 e. The Balaban J connectivity index is 6.47. The lowest BCUT2D eigenvalue weighted by Crippen LogP contribution is -2.51. The lowest BCUT2D eigenvalue weighted by atomic mass is 10.3. The van der Waals surface area contributed by atoms with Crippen LogP contribution in [0.15, 0.2) is 0 Å². The summed E-state index contributed by atoms with van der Waals surface area (Å²) in [6.45, 7) is 2.88. The maximum Gasteiger partial charge on any atom is 0.513 e. The minimum absolute atomic E-state index is 0.105. The molecule has 0 aromatic heterocycles. The molecule has 1 unspecified atom stereocenters. The van der Waals surface area contributed by atoms with Crippen LogP contribution in [0.1, 0.15) is 33.1 Å². The molecule has 0 N–H and O–H groups in total. The molecule has 0 aromatic carbocycles. The van der Waals surface area contributed by atoms with Gasteiger partial charge in [-0.3, -0.25) is 0 Å². The molecule has 5 nitrogen and oxygen atoms in total. The molecule has 148 valence electrons. The first-order valence-electron chi connectivity index (χ1n) is 6.66. The third kappa shape index (κ3) is 4.69. The summed E-state index contributed by atoms with van der Waals surface area (Å²) in [6, 6.07) is 0. The van der Waals surface area contributed by atoms with Crippen molar-refractivity contribution in [3.63, 3.8) is 0 Å². The standard InChI is InChI=1S/C10H19F6NO4S3/c1-4-6-7-8-22(3,5-2)17(23(18,19)9(11,12)13)24(20,21)10(14,15)16/h4-8H2,1-3H3. The highest BCUT2D eigenvalue weighted by Gasteiger charge is 2.65. The maximum atomic E-state index is 12.8. The van der Waals surface area contributed by atoms with Crippen LogP contribution in [0.4, 0.5) is 26.3 Å². The van der Waals surface area contributed by atoms with Crippen LogP contribution in [0.2, 0.25) is 0 Å². The van der Waals surface area contributed by atoms with Gasteiger partial charge >= 0.3 is 31.1 Å². The van der Waals surface area contributed by atoms with Crippen molar-refractivity contribution < 1.29 is 43.2 Å². The van der Waals surface area contributed by atoms with Gasteiger partial charge in [-0.15, -0.1) is 0 Å². The number of sulfonamides is 2. The molecule has 0 aliphatic carbocycles. The number of hydrogen-bond acceptors (Lipinski definition) is 4. The molecule has 0 saturated carbocycles. The molecule has 0 radical (unpaired) electrons. The molecule has 0 aromatic rings. The van der Waals surface area contributed by atoms with Crippen LogP contribution in [0.3, 0.4) is 0 Å². The Hall–Kier alpha value is -0.210. The molecule has 14 heteroatoms. The highest BCUT2D eigenvalue weighted by atomic mass is 32.4. The summed E-state index contributed by atoms with van der Waals surface area (Å²) in [7, 11) is -16.9. The Morgan fingerprint density at radius 2 is 1.17 bits per heavy atom. The van der Waals surface area contributed by atoms with Gasteiger partial charge < -0.3 is 0 Å². The van der Waals surface area contributed by atoms with Gasteiger partial charge in [0.05, 0.1) is 0 Å². The molecule has 0 rings (SSSR count). The zero-order valence-corrected chi connectivity index (χ0v) is 15.6. The fourth-order valence-corrected chi connectivity index (χ4v) is 10.5. The van der Waals surface area contributed by atoms with Gasteiger partial charge in [-0.25, -0.2) is 16.8 Å². The average Bonchev–Trinajstić information content (AvgIpc) is 2.35. The van der Waals surface area contributed by atoms with Crippen molar-refractivity contribution in [2.24, 2.45) is 0 Å². The van der Waals surface area contributed by atoms with E-state index in [1.165, 1.54) is 0 Å². The monoisotopic (exact) mass is 427 g/mol. The quantitative estimate of drug-likeness (QED) is 0.439. The van der Waals surface area contributed by atoms with E-state index >= 15 is 0 Å². The van der Waals surface area contributed by atoms with Crippen LogP contribution in [-0.2, 0) is 20.0 Å². The van der Waals surface area contributed by atoms with Gasteiger partial charge in [0, 0.05) is 0 Å². The number of unbranched alkanes of at least 4 members (excludes halogenated alkanes) is 2. The Morgan fingerprint density at radius 1 is 0.792 bits per heavy atom. The van der Waals surface area contributed by atoms with E-state index in [1.54, 1.807) is 6.92 Å². The van der Waals surface area contributed by atoms with Crippen molar-refractivity contribution in [3.05, 3.63) is 0 Å². The molecular formula is C10H19F6NO4S3. The van der Waals surface area contributed by atoms with E-state index in [1.807, 2.05) is 0 Å². The third-order valence-corrected chi connectivity index (χ3v) is 12.7. The van der Waals surface area contributed by atoms with Crippen LogP contribution in [-0.4, -0.2) is 48.7 Å². The van der Waals surface area contributed by atoms with Crippen molar-refractivity contribution in [1.29, 1.82) is 0 Å². The molecule has 0 saturated heterocycles. The van der Waals surface area contributed by atoms with E-state index < -0.39 is 50.1 Å². The predicted molar refractivity (Wildman–Crippen MR) is 80.2 cm³/mol. The van der Waals surface area contributed by atoms with Crippen LogP contribution in [0.25, 0.3) is 0 Å². The molecule has 24 heavy (non-hydrogen) atoms. The Bertz CT molecular complexity index is 584. The van der Waals surface area contributed by atoms with Crippen LogP contribution >= 0.6 is 10.2 Å². The van der Waals surface area contributed by atoms with Gasteiger partial charge in [-0.05, 0) is 27.3 Å².